The minimum absolute atomic E-state index is 0.0921. The second-order valence-corrected chi connectivity index (χ2v) is 7.24. The van der Waals surface area contributed by atoms with Crippen molar-refractivity contribution in [2.75, 3.05) is 31.0 Å². The molecule has 0 aliphatic carbocycles. The molecule has 0 aromatic heterocycles. The lowest BCUT2D eigenvalue weighted by Gasteiger charge is -2.21. The third-order valence-corrected chi connectivity index (χ3v) is 5.32. The zero-order valence-corrected chi connectivity index (χ0v) is 12.9. The van der Waals surface area contributed by atoms with E-state index in [1.165, 1.54) is 14.2 Å². The Balaban J connectivity index is 2.15. The molecule has 21 heavy (non-hydrogen) atoms. The molecule has 0 spiro atoms. The molecule has 1 saturated heterocycles. The fourth-order valence-electron chi connectivity index (χ4n) is 2.38. The first kappa shape index (κ1) is 15.6. The first-order valence-electron chi connectivity index (χ1n) is 6.68. The van der Waals surface area contributed by atoms with E-state index in [2.05, 4.69) is 5.32 Å². The monoisotopic (exact) mass is 313 g/mol. The first-order chi connectivity index (χ1) is 9.95. The number of benzene rings is 1. The minimum atomic E-state index is -3.11. The Kier molecular flexibility index (Phi) is 4.72. The van der Waals surface area contributed by atoms with Gasteiger partial charge in [0.05, 0.1) is 37.3 Å². The van der Waals surface area contributed by atoms with Gasteiger partial charge in [0.25, 0.3) is 0 Å². The average molecular weight is 313 g/mol. The molecule has 0 saturated carbocycles. The maximum Gasteiger partial charge on any atom is 0.228 e. The molecule has 116 valence electrons. The van der Waals surface area contributed by atoms with Crippen LogP contribution in [0.5, 0.6) is 11.5 Å². The lowest BCUT2D eigenvalue weighted by Crippen LogP contribution is -2.34. The van der Waals surface area contributed by atoms with Crippen LogP contribution < -0.4 is 14.8 Å². The van der Waals surface area contributed by atoms with Gasteiger partial charge in [-0.2, -0.15) is 0 Å². The molecule has 1 heterocycles. The van der Waals surface area contributed by atoms with E-state index in [0.717, 1.165) is 0 Å². The van der Waals surface area contributed by atoms with Gasteiger partial charge in [0.2, 0.25) is 5.91 Å². The molecule has 6 nitrogen and oxygen atoms in total. The summed E-state index contributed by atoms with van der Waals surface area (Å²) in [5.74, 6) is 0.347. The van der Waals surface area contributed by atoms with Gasteiger partial charge in [-0.3, -0.25) is 4.79 Å². The minimum Gasteiger partial charge on any atom is -0.497 e. The van der Waals surface area contributed by atoms with E-state index in [1.54, 1.807) is 18.2 Å². The lowest BCUT2D eigenvalue weighted by molar-refractivity contribution is -0.119. The van der Waals surface area contributed by atoms with E-state index < -0.39 is 15.8 Å². The Bertz CT molecular complexity index is 626. The molecule has 2 rings (SSSR count). The van der Waals surface area contributed by atoms with Crippen molar-refractivity contribution in [3.8, 4) is 11.5 Å². The first-order valence-corrected chi connectivity index (χ1v) is 8.50. The number of carbonyl (C=O) groups is 1. The number of rotatable bonds is 4. The maximum absolute atomic E-state index is 12.3. The quantitative estimate of drug-likeness (QED) is 0.910. The number of ether oxygens (including phenoxy) is 2. The van der Waals surface area contributed by atoms with Gasteiger partial charge >= 0.3 is 0 Å². The summed E-state index contributed by atoms with van der Waals surface area (Å²) in [4.78, 5) is 12.3. The predicted octanol–water partition coefficient (Wildman–Crippen LogP) is 1.47. The van der Waals surface area contributed by atoms with Crippen molar-refractivity contribution >= 4 is 21.4 Å². The number of sulfone groups is 1. The van der Waals surface area contributed by atoms with E-state index in [1.807, 2.05) is 0 Å². The largest absolute Gasteiger partial charge is 0.497 e. The van der Waals surface area contributed by atoms with Gasteiger partial charge in [0, 0.05) is 6.07 Å². The molecular weight excluding hydrogens is 294 g/mol. The summed E-state index contributed by atoms with van der Waals surface area (Å²) in [6.07, 6.45) is 1.10. The van der Waals surface area contributed by atoms with Crippen molar-refractivity contribution in [1.29, 1.82) is 0 Å². The van der Waals surface area contributed by atoms with Gasteiger partial charge in [0.1, 0.15) is 11.5 Å². The van der Waals surface area contributed by atoms with E-state index in [-0.39, 0.29) is 17.4 Å². The Hall–Kier alpha value is -1.76. The molecule has 1 aromatic rings. The summed E-state index contributed by atoms with van der Waals surface area (Å²) in [5, 5.41) is 2.74. The highest BCUT2D eigenvalue weighted by molar-refractivity contribution is 7.91. The molecule has 1 unspecified atom stereocenters. The second-order valence-electron chi connectivity index (χ2n) is 5.01. The van der Waals surface area contributed by atoms with Crippen molar-refractivity contribution in [3.63, 3.8) is 0 Å². The Morgan fingerprint density at radius 3 is 2.67 bits per heavy atom. The van der Waals surface area contributed by atoms with Gasteiger partial charge in [-0.15, -0.1) is 0 Å². The van der Waals surface area contributed by atoms with Crippen molar-refractivity contribution in [3.05, 3.63) is 18.2 Å². The van der Waals surface area contributed by atoms with Crippen molar-refractivity contribution in [2.45, 2.75) is 12.8 Å². The van der Waals surface area contributed by atoms with Gasteiger partial charge in [0.15, 0.2) is 9.84 Å². The average Bonchev–Trinajstić information content (AvgIpc) is 2.46. The fourth-order valence-corrected chi connectivity index (χ4v) is 4.08. The molecule has 0 bridgehead atoms. The highest BCUT2D eigenvalue weighted by Crippen LogP contribution is 2.30. The van der Waals surface area contributed by atoms with Crippen LogP contribution in [0.3, 0.4) is 0 Å². The number of amides is 1. The summed E-state index contributed by atoms with van der Waals surface area (Å²) in [5.41, 5.74) is 0.477. The molecular formula is C14H19NO5S. The Morgan fingerprint density at radius 2 is 2.05 bits per heavy atom. The Labute approximate surface area is 124 Å². The number of hydrogen-bond donors (Lipinski definition) is 1. The number of hydrogen-bond acceptors (Lipinski definition) is 5. The highest BCUT2D eigenvalue weighted by Gasteiger charge is 2.30. The zero-order chi connectivity index (χ0) is 15.5. The SMILES string of the molecule is COc1ccc(OC)c(NC(=O)C2CCCS(=O)(=O)C2)c1. The number of carbonyl (C=O) groups excluding carboxylic acids is 1. The van der Waals surface area contributed by atoms with Crippen molar-refractivity contribution < 1.29 is 22.7 Å². The van der Waals surface area contributed by atoms with Crippen LogP contribution >= 0.6 is 0 Å². The third kappa shape index (κ3) is 3.87. The number of methoxy groups -OCH3 is 2. The van der Waals surface area contributed by atoms with Crippen LogP contribution in [0.25, 0.3) is 0 Å². The maximum atomic E-state index is 12.3. The van der Waals surface area contributed by atoms with Gasteiger partial charge in [-0.25, -0.2) is 8.42 Å². The van der Waals surface area contributed by atoms with Gasteiger partial charge in [-0.05, 0) is 25.0 Å². The molecule has 1 aromatic carbocycles. The van der Waals surface area contributed by atoms with Crippen LogP contribution in [0.2, 0.25) is 0 Å². The van der Waals surface area contributed by atoms with E-state index in [0.29, 0.717) is 30.0 Å². The standard InChI is InChI=1S/C14H19NO5S/c1-19-11-5-6-13(20-2)12(8-11)15-14(16)10-4-3-7-21(17,18)9-10/h5-6,8,10H,3-4,7,9H2,1-2H3,(H,15,16). The van der Waals surface area contributed by atoms with Crippen LogP contribution in [0.4, 0.5) is 5.69 Å². The van der Waals surface area contributed by atoms with Crippen LogP contribution in [0.1, 0.15) is 12.8 Å². The summed E-state index contributed by atoms with van der Waals surface area (Å²) >= 11 is 0. The molecule has 7 heteroatoms. The topological polar surface area (TPSA) is 81.7 Å². The predicted molar refractivity (Wildman–Crippen MR) is 79.6 cm³/mol. The number of nitrogens with one attached hydrogen (secondary N) is 1. The molecule has 1 amide bonds. The second kappa shape index (κ2) is 6.34. The molecule has 1 fully saturated rings. The van der Waals surface area contributed by atoms with E-state index in [9.17, 15) is 13.2 Å². The van der Waals surface area contributed by atoms with Crippen LogP contribution in [0.15, 0.2) is 18.2 Å². The molecule has 1 atom stereocenters. The van der Waals surface area contributed by atoms with E-state index >= 15 is 0 Å². The fraction of sp³-hybridized carbons (Fsp3) is 0.500. The highest BCUT2D eigenvalue weighted by atomic mass is 32.2. The van der Waals surface area contributed by atoms with Crippen LogP contribution in [0, 0.1) is 5.92 Å². The van der Waals surface area contributed by atoms with Crippen LogP contribution in [-0.4, -0.2) is 40.1 Å². The van der Waals surface area contributed by atoms with Crippen molar-refractivity contribution in [2.24, 2.45) is 5.92 Å². The molecule has 0 radical (unpaired) electrons. The number of anilines is 1. The Morgan fingerprint density at radius 1 is 1.29 bits per heavy atom. The summed E-state index contributed by atoms with van der Waals surface area (Å²) in [6, 6.07) is 5.06. The normalized spacial score (nSPS) is 20.6. The van der Waals surface area contributed by atoms with E-state index in [4.69, 9.17) is 9.47 Å². The molecule has 1 aliphatic rings. The lowest BCUT2D eigenvalue weighted by atomic mass is 10.0. The molecule has 1 aliphatic heterocycles. The van der Waals surface area contributed by atoms with Gasteiger partial charge in [-0.1, -0.05) is 0 Å². The summed E-state index contributed by atoms with van der Waals surface area (Å²) < 4.78 is 33.5. The van der Waals surface area contributed by atoms with Gasteiger partial charge < -0.3 is 14.8 Å². The zero-order valence-electron chi connectivity index (χ0n) is 12.1. The van der Waals surface area contributed by atoms with Crippen molar-refractivity contribution in [1.82, 2.24) is 0 Å². The summed E-state index contributed by atoms with van der Waals surface area (Å²) in [6.45, 7) is 0. The van der Waals surface area contributed by atoms with Crippen LogP contribution in [-0.2, 0) is 14.6 Å². The smallest absolute Gasteiger partial charge is 0.228 e. The molecule has 1 N–H and O–H groups in total. The summed E-state index contributed by atoms with van der Waals surface area (Å²) in [7, 11) is -0.0831. The third-order valence-electron chi connectivity index (χ3n) is 3.50.